The van der Waals surface area contributed by atoms with E-state index in [1.807, 2.05) is 24.3 Å². The third-order valence-electron chi connectivity index (χ3n) is 8.26. The molecular formula is C28H37F3Si. The molecule has 2 aliphatic rings. The van der Waals surface area contributed by atoms with Crippen LogP contribution in [0.4, 0.5) is 13.2 Å². The monoisotopic (exact) mass is 458 g/mol. The number of aryl methyl sites for hydroxylation is 1. The molecule has 1 aliphatic carbocycles. The predicted molar refractivity (Wildman–Crippen MR) is 130 cm³/mol. The average Bonchev–Trinajstić information content (AvgIpc) is 2.82. The summed E-state index contributed by atoms with van der Waals surface area (Å²) >= 11 is 0. The van der Waals surface area contributed by atoms with Crippen LogP contribution in [-0.4, -0.2) is 8.80 Å². The van der Waals surface area contributed by atoms with Gasteiger partial charge in [-0.15, -0.1) is 0 Å². The first-order valence-corrected chi connectivity index (χ1v) is 15.2. The number of hydrogen-bond acceptors (Lipinski definition) is 0. The van der Waals surface area contributed by atoms with Gasteiger partial charge in [0.05, 0.1) is 0 Å². The lowest BCUT2D eigenvalue weighted by molar-refractivity contribution is 0.186. The standard InChI is InChI=1S/C28H37F3Si/c1-2-15-32-16-13-24(14-17-32)22-9-5-20(6-10-22)3-4-21-7-11-23(12-8-21)25-18-26(29)28(31)27(30)19-25/h7-8,11-12,18-20,22,24,32H,2-6,9-10,13-17H2,1H3. The van der Waals surface area contributed by atoms with Crippen LogP contribution in [0, 0.1) is 35.2 Å². The molecule has 0 radical (unpaired) electrons. The summed E-state index contributed by atoms with van der Waals surface area (Å²) in [5.41, 5.74) is 2.35. The lowest BCUT2D eigenvalue weighted by Gasteiger charge is -2.37. The molecule has 1 heterocycles. The minimum Gasteiger partial charge on any atom is -0.204 e. The van der Waals surface area contributed by atoms with Crippen molar-refractivity contribution < 1.29 is 13.2 Å². The summed E-state index contributed by atoms with van der Waals surface area (Å²) in [6.07, 6.45) is 12.3. The van der Waals surface area contributed by atoms with Crippen molar-refractivity contribution in [1.82, 2.24) is 0 Å². The average molecular weight is 459 g/mol. The second-order valence-corrected chi connectivity index (χ2v) is 13.8. The van der Waals surface area contributed by atoms with Crippen molar-refractivity contribution >= 4 is 8.80 Å². The van der Waals surface area contributed by atoms with Gasteiger partial charge in [0.1, 0.15) is 0 Å². The Morgan fingerprint density at radius 2 is 1.38 bits per heavy atom. The fourth-order valence-electron chi connectivity index (χ4n) is 6.26. The molecule has 2 aromatic carbocycles. The smallest absolute Gasteiger partial charge is 0.194 e. The van der Waals surface area contributed by atoms with Crippen LogP contribution < -0.4 is 0 Å². The van der Waals surface area contributed by atoms with E-state index in [2.05, 4.69) is 6.92 Å². The van der Waals surface area contributed by atoms with Crippen molar-refractivity contribution in [3.63, 3.8) is 0 Å². The van der Waals surface area contributed by atoms with Crippen LogP contribution in [0.15, 0.2) is 36.4 Å². The van der Waals surface area contributed by atoms with Crippen LogP contribution in [0.1, 0.15) is 63.9 Å². The Labute approximate surface area is 193 Å². The van der Waals surface area contributed by atoms with Gasteiger partial charge < -0.3 is 0 Å². The molecule has 0 aromatic heterocycles. The zero-order valence-electron chi connectivity index (χ0n) is 19.4. The van der Waals surface area contributed by atoms with E-state index in [4.69, 9.17) is 0 Å². The Morgan fingerprint density at radius 3 is 1.97 bits per heavy atom. The van der Waals surface area contributed by atoms with Crippen molar-refractivity contribution in [3.05, 3.63) is 59.4 Å². The van der Waals surface area contributed by atoms with E-state index in [0.29, 0.717) is 11.1 Å². The van der Waals surface area contributed by atoms with E-state index in [1.165, 1.54) is 56.9 Å². The first-order valence-electron chi connectivity index (χ1n) is 12.8. The van der Waals surface area contributed by atoms with Gasteiger partial charge in [-0.25, -0.2) is 13.2 Å². The van der Waals surface area contributed by atoms with E-state index < -0.39 is 17.5 Å². The van der Waals surface area contributed by atoms with Gasteiger partial charge in [-0.2, -0.15) is 0 Å². The topological polar surface area (TPSA) is 0 Å². The lowest BCUT2D eigenvalue weighted by Crippen LogP contribution is -2.28. The van der Waals surface area contributed by atoms with E-state index in [0.717, 1.165) is 36.3 Å². The molecule has 0 spiro atoms. The summed E-state index contributed by atoms with van der Waals surface area (Å²) in [6.45, 7) is 2.35. The van der Waals surface area contributed by atoms with Crippen molar-refractivity contribution in [1.29, 1.82) is 0 Å². The molecule has 0 bridgehead atoms. The van der Waals surface area contributed by atoms with Gasteiger partial charge in [-0.1, -0.05) is 81.4 Å². The molecule has 4 heteroatoms. The molecule has 0 unspecified atom stereocenters. The van der Waals surface area contributed by atoms with E-state index in [-0.39, 0.29) is 8.80 Å². The Balaban J connectivity index is 1.22. The number of hydrogen-bond donors (Lipinski definition) is 0. The van der Waals surface area contributed by atoms with Crippen LogP contribution in [-0.2, 0) is 6.42 Å². The molecule has 2 fully saturated rings. The Bertz CT molecular complexity index is 840. The highest BCUT2D eigenvalue weighted by atomic mass is 28.3. The second-order valence-electron chi connectivity index (χ2n) is 10.3. The van der Waals surface area contributed by atoms with Crippen LogP contribution >= 0.6 is 0 Å². The zero-order valence-corrected chi connectivity index (χ0v) is 20.5. The van der Waals surface area contributed by atoms with Crippen LogP contribution in [0.3, 0.4) is 0 Å². The van der Waals surface area contributed by atoms with Crippen LogP contribution in [0.25, 0.3) is 11.1 Å². The fourth-order valence-corrected chi connectivity index (χ4v) is 9.74. The molecule has 0 N–H and O–H groups in total. The Morgan fingerprint density at radius 1 is 0.781 bits per heavy atom. The molecule has 0 nitrogen and oxygen atoms in total. The lowest BCUT2D eigenvalue weighted by atomic mass is 9.73. The minimum atomic E-state index is -1.41. The minimum absolute atomic E-state index is 0.363. The summed E-state index contributed by atoms with van der Waals surface area (Å²) in [6, 6.07) is 14.7. The molecule has 0 amide bonds. The molecule has 1 saturated heterocycles. The van der Waals surface area contributed by atoms with Crippen molar-refractivity contribution in [3.8, 4) is 11.1 Å². The summed E-state index contributed by atoms with van der Waals surface area (Å²) in [5.74, 6) is -0.862. The van der Waals surface area contributed by atoms with Crippen molar-refractivity contribution in [2.24, 2.45) is 17.8 Å². The fraction of sp³-hybridized carbons (Fsp3) is 0.571. The second kappa shape index (κ2) is 11.0. The summed E-state index contributed by atoms with van der Waals surface area (Å²) < 4.78 is 40.2. The Hall–Kier alpha value is -1.55. The van der Waals surface area contributed by atoms with Gasteiger partial charge in [0.15, 0.2) is 17.5 Å². The van der Waals surface area contributed by atoms with Gasteiger partial charge >= 0.3 is 0 Å². The molecular weight excluding hydrogens is 421 g/mol. The van der Waals surface area contributed by atoms with Crippen molar-refractivity contribution in [2.75, 3.05) is 0 Å². The maximum Gasteiger partial charge on any atom is 0.194 e. The highest BCUT2D eigenvalue weighted by Crippen LogP contribution is 2.42. The van der Waals surface area contributed by atoms with Gasteiger partial charge in [-0.3, -0.25) is 0 Å². The summed E-state index contributed by atoms with van der Waals surface area (Å²) in [5, 5.41) is 0. The van der Waals surface area contributed by atoms with Crippen LogP contribution in [0.2, 0.25) is 18.1 Å². The van der Waals surface area contributed by atoms with E-state index >= 15 is 0 Å². The predicted octanol–water partition coefficient (Wildman–Crippen LogP) is 8.56. The largest absolute Gasteiger partial charge is 0.204 e. The molecule has 2 aromatic rings. The van der Waals surface area contributed by atoms with Gasteiger partial charge in [0, 0.05) is 8.80 Å². The quantitative estimate of drug-likeness (QED) is 0.288. The highest BCUT2D eigenvalue weighted by molar-refractivity contribution is 6.58. The normalized spacial score (nSPS) is 26.2. The number of rotatable bonds is 7. The highest BCUT2D eigenvalue weighted by Gasteiger charge is 2.30. The third-order valence-corrected chi connectivity index (χ3v) is 12.0. The molecule has 0 atom stereocenters. The summed E-state index contributed by atoms with van der Waals surface area (Å²) in [7, 11) is -0.363. The van der Waals surface area contributed by atoms with Gasteiger partial charge in [0.2, 0.25) is 0 Å². The van der Waals surface area contributed by atoms with E-state index in [9.17, 15) is 13.2 Å². The molecule has 32 heavy (non-hydrogen) atoms. The molecule has 1 aliphatic heterocycles. The number of benzene rings is 2. The SMILES string of the molecule is CCC[SiH]1CCC(C2CCC(CCc3ccc(-c4cc(F)c(F)c(F)c4)cc3)CC2)CC1. The number of halogens is 3. The van der Waals surface area contributed by atoms with Crippen LogP contribution in [0.5, 0.6) is 0 Å². The molecule has 174 valence electrons. The third kappa shape index (κ3) is 5.87. The van der Waals surface area contributed by atoms with Gasteiger partial charge in [-0.05, 0) is 72.3 Å². The zero-order chi connectivity index (χ0) is 22.5. The first-order chi connectivity index (χ1) is 15.5. The van der Waals surface area contributed by atoms with Gasteiger partial charge in [0.25, 0.3) is 0 Å². The first kappa shape index (κ1) is 23.6. The van der Waals surface area contributed by atoms with E-state index in [1.54, 1.807) is 18.1 Å². The summed E-state index contributed by atoms with van der Waals surface area (Å²) in [4.78, 5) is 0. The van der Waals surface area contributed by atoms with Crippen molar-refractivity contribution in [2.45, 2.75) is 82.8 Å². The maximum absolute atomic E-state index is 13.5. The molecule has 4 rings (SSSR count). The molecule has 1 saturated carbocycles. The Kier molecular flexibility index (Phi) is 8.15. The maximum atomic E-state index is 13.5.